The van der Waals surface area contributed by atoms with Crippen molar-refractivity contribution < 1.29 is 52.4 Å². The number of ketones is 1. The van der Waals surface area contributed by atoms with Gasteiger partial charge >= 0.3 is 18.0 Å². The molecular weight excluding hydrogens is 614 g/mol. The van der Waals surface area contributed by atoms with E-state index < -0.39 is 41.3 Å². The highest BCUT2D eigenvalue weighted by atomic mass is 16.6. The van der Waals surface area contributed by atoms with Crippen molar-refractivity contribution in [3.05, 3.63) is 0 Å². The average molecular weight is 676 g/mol. The lowest BCUT2D eigenvalue weighted by Gasteiger charge is -2.26. The van der Waals surface area contributed by atoms with Gasteiger partial charge < -0.3 is 44.4 Å². The summed E-state index contributed by atoms with van der Waals surface area (Å²) in [7, 11) is 0. The highest BCUT2D eigenvalue weighted by Crippen LogP contribution is 2.14. The summed E-state index contributed by atoms with van der Waals surface area (Å²) < 4.78 is 32.3. The summed E-state index contributed by atoms with van der Waals surface area (Å²) in [6.07, 6.45) is 2.54. The zero-order valence-corrected chi connectivity index (χ0v) is 30.0. The standard InChI is InChI=1S/C33H61N3O11/c1-9-17-42-19-21-44-23-24-45-22-20-43-18-15-28(38)34-16-11-10-12-26(25(2)37)35-31(41)36-27(30(40)47-33(6,7)8)13-14-29(39)46-32(3,4)5/h26-27H,9-24H2,1-8H3,(H,34,38)(H2,35,36,41)/t26-,27-/m0/s1. The zero-order valence-electron chi connectivity index (χ0n) is 30.0. The fourth-order valence-corrected chi connectivity index (χ4v) is 3.87. The Kier molecular flexibility index (Phi) is 23.7. The molecule has 0 aliphatic carbocycles. The molecule has 0 saturated heterocycles. The van der Waals surface area contributed by atoms with Crippen molar-refractivity contribution in [2.24, 2.45) is 0 Å². The summed E-state index contributed by atoms with van der Waals surface area (Å²) in [5.41, 5.74) is -1.50. The number of unbranched alkanes of at least 4 members (excludes halogenated alkanes) is 1. The van der Waals surface area contributed by atoms with Crippen LogP contribution in [-0.4, -0.2) is 112 Å². The number of rotatable bonds is 26. The van der Waals surface area contributed by atoms with Crippen LogP contribution < -0.4 is 16.0 Å². The van der Waals surface area contributed by atoms with Crippen LogP contribution in [0.2, 0.25) is 0 Å². The number of hydrogen-bond acceptors (Lipinski definition) is 11. The third kappa shape index (κ3) is 28.0. The van der Waals surface area contributed by atoms with Crippen LogP contribution in [0.4, 0.5) is 4.79 Å². The lowest BCUT2D eigenvalue weighted by atomic mass is 10.1. The quantitative estimate of drug-likeness (QED) is 0.0906. The van der Waals surface area contributed by atoms with Gasteiger partial charge in [-0.05, 0) is 80.6 Å². The number of Topliss-reactive ketones (excluding diaryl/α,β-unsaturated/α-hetero) is 1. The first kappa shape index (κ1) is 44.2. The van der Waals surface area contributed by atoms with Crippen LogP contribution in [-0.2, 0) is 47.6 Å². The van der Waals surface area contributed by atoms with Gasteiger partial charge in [0.25, 0.3) is 0 Å². The molecule has 47 heavy (non-hydrogen) atoms. The molecule has 0 heterocycles. The van der Waals surface area contributed by atoms with Crippen LogP contribution in [0.1, 0.15) is 100 Å². The van der Waals surface area contributed by atoms with Gasteiger partial charge in [0, 0.05) is 26.0 Å². The van der Waals surface area contributed by atoms with Gasteiger partial charge in [0.1, 0.15) is 17.2 Å². The molecule has 3 amide bonds. The number of nitrogens with one attached hydrogen (secondary N) is 3. The molecule has 0 bridgehead atoms. The molecule has 0 radical (unpaired) electrons. The SMILES string of the molecule is CCCOCCOCCOCCOCCC(=O)NCCCC[C@H](NC(=O)N[C@@H](CCC(=O)OC(C)(C)C)C(=O)OC(C)(C)C)C(C)=O. The molecule has 0 fully saturated rings. The lowest BCUT2D eigenvalue weighted by Crippen LogP contribution is -2.52. The zero-order chi connectivity index (χ0) is 35.7. The van der Waals surface area contributed by atoms with Crippen molar-refractivity contribution in [1.29, 1.82) is 0 Å². The second-order valence-corrected chi connectivity index (χ2v) is 13.0. The van der Waals surface area contributed by atoms with Gasteiger partial charge in [-0.15, -0.1) is 0 Å². The highest BCUT2D eigenvalue weighted by molar-refractivity contribution is 5.89. The minimum atomic E-state index is -1.12. The first-order valence-corrected chi connectivity index (χ1v) is 16.6. The van der Waals surface area contributed by atoms with E-state index in [2.05, 4.69) is 22.9 Å². The molecule has 0 spiro atoms. The van der Waals surface area contributed by atoms with Crippen LogP contribution in [0.5, 0.6) is 0 Å². The molecule has 274 valence electrons. The summed E-state index contributed by atoms with van der Waals surface area (Å²) >= 11 is 0. The Morgan fingerprint density at radius 1 is 0.617 bits per heavy atom. The van der Waals surface area contributed by atoms with E-state index in [9.17, 15) is 24.0 Å². The number of carbonyl (C=O) groups is 5. The van der Waals surface area contributed by atoms with Gasteiger partial charge in [0.05, 0.1) is 52.3 Å². The number of esters is 2. The number of urea groups is 1. The van der Waals surface area contributed by atoms with E-state index in [4.69, 9.17) is 28.4 Å². The maximum atomic E-state index is 12.8. The molecule has 3 N–H and O–H groups in total. The van der Waals surface area contributed by atoms with Crippen molar-refractivity contribution in [3.8, 4) is 0 Å². The van der Waals surface area contributed by atoms with Crippen molar-refractivity contribution >= 4 is 29.7 Å². The van der Waals surface area contributed by atoms with Crippen molar-refractivity contribution in [2.45, 2.75) is 124 Å². The van der Waals surface area contributed by atoms with Gasteiger partial charge in [-0.1, -0.05) is 6.92 Å². The Morgan fingerprint density at radius 2 is 1.13 bits per heavy atom. The largest absolute Gasteiger partial charge is 0.460 e. The molecule has 2 atom stereocenters. The van der Waals surface area contributed by atoms with Crippen LogP contribution in [0.3, 0.4) is 0 Å². The lowest BCUT2D eigenvalue weighted by molar-refractivity contribution is -0.158. The molecule has 0 aromatic carbocycles. The summed E-state index contributed by atoms with van der Waals surface area (Å²) in [4.78, 5) is 62.0. The predicted molar refractivity (Wildman–Crippen MR) is 176 cm³/mol. The van der Waals surface area contributed by atoms with E-state index in [1.807, 2.05) is 0 Å². The molecule has 0 aliphatic heterocycles. The van der Waals surface area contributed by atoms with E-state index >= 15 is 0 Å². The summed E-state index contributed by atoms with van der Waals surface area (Å²) in [5, 5.41) is 7.96. The first-order valence-electron chi connectivity index (χ1n) is 16.6. The Bertz CT molecular complexity index is 916. The minimum Gasteiger partial charge on any atom is -0.460 e. The Morgan fingerprint density at radius 3 is 1.64 bits per heavy atom. The normalized spacial score (nSPS) is 12.9. The van der Waals surface area contributed by atoms with Crippen molar-refractivity contribution in [1.82, 2.24) is 16.0 Å². The van der Waals surface area contributed by atoms with Gasteiger partial charge in [-0.25, -0.2) is 9.59 Å². The summed E-state index contributed by atoms with van der Waals surface area (Å²) in [6.45, 7) is 18.0. The molecule has 0 aromatic rings. The summed E-state index contributed by atoms with van der Waals surface area (Å²) in [6, 6.07) is -2.65. The maximum absolute atomic E-state index is 12.8. The Balaban J connectivity index is 4.35. The summed E-state index contributed by atoms with van der Waals surface area (Å²) in [5.74, 6) is -1.61. The highest BCUT2D eigenvalue weighted by Gasteiger charge is 2.29. The number of hydrogen-bond donors (Lipinski definition) is 3. The number of amides is 3. The fraction of sp³-hybridized carbons (Fsp3) is 0.848. The molecule has 14 nitrogen and oxygen atoms in total. The van der Waals surface area contributed by atoms with Gasteiger partial charge in [-0.2, -0.15) is 0 Å². The smallest absolute Gasteiger partial charge is 0.329 e. The second-order valence-electron chi connectivity index (χ2n) is 13.0. The van der Waals surface area contributed by atoms with E-state index in [0.717, 1.165) is 13.0 Å². The number of ether oxygens (including phenoxy) is 6. The second kappa shape index (κ2) is 25.2. The van der Waals surface area contributed by atoms with E-state index in [-0.39, 0.29) is 37.6 Å². The molecule has 0 saturated carbocycles. The van der Waals surface area contributed by atoms with Crippen LogP contribution in [0.25, 0.3) is 0 Å². The Hall–Kier alpha value is -2.81. The van der Waals surface area contributed by atoms with E-state index in [0.29, 0.717) is 65.4 Å². The van der Waals surface area contributed by atoms with Gasteiger partial charge in [0.15, 0.2) is 5.78 Å². The van der Waals surface area contributed by atoms with Crippen molar-refractivity contribution in [2.75, 3.05) is 59.4 Å². The molecule has 0 aromatic heterocycles. The van der Waals surface area contributed by atoms with E-state index in [1.54, 1.807) is 41.5 Å². The van der Waals surface area contributed by atoms with Crippen molar-refractivity contribution in [3.63, 3.8) is 0 Å². The molecular formula is C33H61N3O11. The molecule has 0 rings (SSSR count). The average Bonchev–Trinajstić information content (AvgIpc) is 2.94. The maximum Gasteiger partial charge on any atom is 0.329 e. The van der Waals surface area contributed by atoms with Gasteiger partial charge in [-0.3, -0.25) is 14.4 Å². The molecule has 0 unspecified atom stereocenters. The molecule has 0 aliphatic rings. The Labute approximate surface area is 281 Å². The van der Waals surface area contributed by atoms with Crippen LogP contribution >= 0.6 is 0 Å². The molecule has 14 heteroatoms. The predicted octanol–water partition coefficient (Wildman–Crippen LogP) is 3.23. The number of carbonyl (C=O) groups excluding carboxylic acids is 5. The van der Waals surface area contributed by atoms with E-state index in [1.165, 1.54) is 6.92 Å². The minimum absolute atomic E-state index is 0.0360. The fourth-order valence-electron chi connectivity index (χ4n) is 3.87. The topological polar surface area (TPSA) is 177 Å². The first-order chi connectivity index (χ1) is 22.0. The third-order valence-electron chi connectivity index (χ3n) is 6.03. The monoisotopic (exact) mass is 675 g/mol. The third-order valence-corrected chi connectivity index (χ3v) is 6.03. The van der Waals surface area contributed by atoms with Gasteiger partial charge in [0.2, 0.25) is 5.91 Å². The van der Waals surface area contributed by atoms with Crippen LogP contribution in [0.15, 0.2) is 0 Å². The van der Waals surface area contributed by atoms with Crippen LogP contribution in [0, 0.1) is 0 Å².